The molecule has 1 unspecified atom stereocenters. The monoisotopic (exact) mass is 466 g/mol. The second-order valence-corrected chi connectivity index (χ2v) is 10.7. The van der Waals surface area contributed by atoms with Gasteiger partial charge >= 0.3 is 6.09 Å². The maximum absolute atomic E-state index is 14.5. The van der Waals surface area contributed by atoms with Gasteiger partial charge in [0.05, 0.1) is 12.6 Å². The maximum atomic E-state index is 14.5. The van der Waals surface area contributed by atoms with Crippen LogP contribution in [0.2, 0.25) is 0 Å². The molecule has 1 aliphatic carbocycles. The molecule has 5 nitrogen and oxygen atoms in total. The Morgan fingerprint density at radius 2 is 1.88 bits per heavy atom. The van der Waals surface area contributed by atoms with Gasteiger partial charge in [-0.05, 0) is 84.5 Å². The van der Waals surface area contributed by atoms with Gasteiger partial charge in [-0.1, -0.05) is 45.0 Å². The molecule has 2 aromatic carbocycles. The van der Waals surface area contributed by atoms with E-state index in [-0.39, 0.29) is 29.5 Å². The molecule has 34 heavy (non-hydrogen) atoms. The minimum Gasteiger partial charge on any atom is -0.491 e. The molecule has 182 valence electrons. The number of amides is 1. The van der Waals surface area contributed by atoms with Crippen molar-refractivity contribution >= 4 is 6.09 Å². The summed E-state index contributed by atoms with van der Waals surface area (Å²) < 4.78 is 25.9. The summed E-state index contributed by atoms with van der Waals surface area (Å²) in [7, 11) is 0. The number of carbonyl (C=O) groups is 1. The summed E-state index contributed by atoms with van der Waals surface area (Å²) in [6.07, 6.45) is 3.58. The van der Waals surface area contributed by atoms with Crippen LogP contribution in [0.1, 0.15) is 57.2 Å². The first-order valence-corrected chi connectivity index (χ1v) is 12.6. The Kier molecular flexibility index (Phi) is 6.28. The number of rotatable bonds is 6. The van der Waals surface area contributed by atoms with Crippen LogP contribution >= 0.6 is 0 Å². The van der Waals surface area contributed by atoms with Crippen molar-refractivity contribution in [3.63, 3.8) is 0 Å². The normalized spacial score (nSPS) is 26.7. The van der Waals surface area contributed by atoms with E-state index in [1.807, 2.05) is 19.1 Å². The molecule has 0 aromatic heterocycles. The van der Waals surface area contributed by atoms with E-state index in [0.29, 0.717) is 18.3 Å². The van der Waals surface area contributed by atoms with Gasteiger partial charge in [-0.15, -0.1) is 0 Å². The highest BCUT2D eigenvalue weighted by atomic mass is 19.1. The first-order chi connectivity index (χ1) is 16.3. The smallest absolute Gasteiger partial charge is 0.407 e. The van der Waals surface area contributed by atoms with Gasteiger partial charge in [-0.3, -0.25) is 4.90 Å². The number of hydrogen-bond donors (Lipinski definition) is 1. The summed E-state index contributed by atoms with van der Waals surface area (Å²) in [4.78, 5) is 15.3. The molecule has 2 atom stereocenters. The third-order valence-corrected chi connectivity index (χ3v) is 7.73. The number of carbonyl (C=O) groups excluding carboxylic acids is 1. The van der Waals surface area contributed by atoms with E-state index in [0.717, 1.165) is 62.0 Å². The van der Waals surface area contributed by atoms with Gasteiger partial charge in [0.2, 0.25) is 0 Å². The van der Waals surface area contributed by atoms with Crippen molar-refractivity contribution in [1.82, 2.24) is 10.2 Å². The molecule has 3 saturated heterocycles. The van der Waals surface area contributed by atoms with Crippen LogP contribution in [-0.4, -0.2) is 43.3 Å². The summed E-state index contributed by atoms with van der Waals surface area (Å²) >= 11 is 0. The Labute approximate surface area is 201 Å². The number of alkyl carbamates (subject to hydrolysis) is 1. The van der Waals surface area contributed by atoms with Crippen LogP contribution < -0.4 is 10.1 Å². The second-order valence-electron chi connectivity index (χ2n) is 10.7. The fourth-order valence-electron chi connectivity index (χ4n) is 5.85. The van der Waals surface area contributed by atoms with Crippen LogP contribution in [0.4, 0.5) is 9.18 Å². The fraction of sp³-hybridized carbons (Fsp3) is 0.536. The Morgan fingerprint density at radius 3 is 2.56 bits per heavy atom. The first-order valence-electron chi connectivity index (χ1n) is 12.6. The van der Waals surface area contributed by atoms with E-state index in [1.165, 1.54) is 11.6 Å². The van der Waals surface area contributed by atoms with E-state index in [1.54, 1.807) is 6.07 Å². The lowest BCUT2D eigenvalue weighted by molar-refractivity contribution is -0.0348. The molecule has 1 N–H and O–H groups in total. The Balaban J connectivity index is 1.30. The van der Waals surface area contributed by atoms with Gasteiger partial charge < -0.3 is 14.8 Å². The van der Waals surface area contributed by atoms with Crippen LogP contribution in [0, 0.1) is 17.2 Å². The first kappa shape index (κ1) is 23.2. The molecule has 2 aromatic rings. The van der Waals surface area contributed by atoms with E-state index in [2.05, 4.69) is 36.2 Å². The van der Waals surface area contributed by atoms with Crippen molar-refractivity contribution in [2.45, 2.75) is 58.6 Å². The molecular formula is C28H35FN2O3. The van der Waals surface area contributed by atoms with Gasteiger partial charge in [0, 0.05) is 6.54 Å². The number of fused-ring (bicyclic) bond motifs is 4. The van der Waals surface area contributed by atoms with Gasteiger partial charge in [-0.2, -0.15) is 0 Å². The molecular weight excluding hydrogens is 431 g/mol. The van der Waals surface area contributed by atoms with Crippen LogP contribution in [0.5, 0.6) is 5.75 Å². The molecule has 6 rings (SSSR count). The molecule has 3 heterocycles. The second kappa shape index (κ2) is 9.21. The van der Waals surface area contributed by atoms with Crippen molar-refractivity contribution in [2.24, 2.45) is 11.3 Å². The molecule has 0 saturated carbocycles. The van der Waals surface area contributed by atoms with Crippen molar-refractivity contribution in [3.05, 3.63) is 53.3 Å². The third-order valence-electron chi connectivity index (χ3n) is 7.73. The average Bonchev–Trinajstić information content (AvgIpc) is 3.07. The molecule has 4 aliphatic rings. The Bertz CT molecular complexity index is 1060. The Hall–Kier alpha value is -2.60. The minimum absolute atomic E-state index is 0.00645. The number of nitrogens with one attached hydrogen (secondary N) is 1. The molecule has 6 heteroatoms. The topological polar surface area (TPSA) is 50.8 Å². The van der Waals surface area contributed by atoms with E-state index in [9.17, 15) is 9.18 Å². The third kappa shape index (κ3) is 4.52. The predicted octanol–water partition coefficient (Wildman–Crippen LogP) is 5.73. The van der Waals surface area contributed by atoms with Gasteiger partial charge in [0.15, 0.2) is 11.6 Å². The molecule has 3 fully saturated rings. The zero-order chi connectivity index (χ0) is 23.9. The lowest BCUT2D eigenvalue weighted by Crippen LogP contribution is -2.53. The van der Waals surface area contributed by atoms with Crippen molar-refractivity contribution in [1.29, 1.82) is 0 Å². The zero-order valence-electron chi connectivity index (χ0n) is 20.4. The van der Waals surface area contributed by atoms with E-state index < -0.39 is 0 Å². The molecule has 1 amide bonds. The minimum atomic E-state index is -0.346. The largest absolute Gasteiger partial charge is 0.491 e. The van der Waals surface area contributed by atoms with E-state index >= 15 is 0 Å². The van der Waals surface area contributed by atoms with Crippen molar-refractivity contribution < 1.29 is 18.7 Å². The number of ether oxygens (including phenoxy) is 2. The summed E-state index contributed by atoms with van der Waals surface area (Å²) in [5.41, 5.74) is 3.94. The highest BCUT2D eigenvalue weighted by molar-refractivity contribution is 5.70. The zero-order valence-corrected chi connectivity index (χ0v) is 20.4. The summed E-state index contributed by atoms with van der Waals surface area (Å²) in [6.45, 7) is 9.94. The number of piperidine rings is 3. The van der Waals surface area contributed by atoms with Crippen LogP contribution in [0.25, 0.3) is 11.1 Å². The molecule has 0 radical (unpaired) electrons. The molecule has 3 aliphatic heterocycles. The predicted molar refractivity (Wildman–Crippen MR) is 130 cm³/mol. The highest BCUT2D eigenvalue weighted by Gasteiger charge is 2.42. The van der Waals surface area contributed by atoms with Gasteiger partial charge in [0.25, 0.3) is 0 Å². The maximum Gasteiger partial charge on any atom is 0.407 e. The number of halogens is 1. The standard InChI is InChI=1S/C28H35FN2O3/c1-4-13-33-24-8-6-20(15-23(24)29)19-5-7-22-21(14-19)16-28(2,3)26(22)30-27(32)34-25-17-31-11-9-18(25)10-12-31/h5-8,14-15,18,25-26H,4,9-13,16-17H2,1-3H3,(H,30,32)/t25-,26?/m0/s1. The summed E-state index contributed by atoms with van der Waals surface area (Å²) in [5, 5.41) is 3.17. The summed E-state index contributed by atoms with van der Waals surface area (Å²) in [6, 6.07) is 11.2. The molecule has 0 spiro atoms. The van der Waals surface area contributed by atoms with Crippen LogP contribution in [-0.2, 0) is 11.2 Å². The summed E-state index contributed by atoms with van der Waals surface area (Å²) in [5.74, 6) is 0.432. The van der Waals surface area contributed by atoms with Crippen LogP contribution in [0.3, 0.4) is 0 Å². The quantitative estimate of drug-likeness (QED) is 0.591. The number of benzene rings is 2. The Morgan fingerprint density at radius 1 is 1.15 bits per heavy atom. The lowest BCUT2D eigenvalue weighted by atomic mass is 9.85. The van der Waals surface area contributed by atoms with Crippen molar-refractivity contribution in [2.75, 3.05) is 26.2 Å². The molecule has 2 bridgehead atoms. The SMILES string of the molecule is CCCOc1ccc(-c2ccc3c(c2)CC(C)(C)C3NC(=O)O[C@H]2CN3CCC2CC3)cc1F. The number of nitrogens with zero attached hydrogens (tertiary/aromatic N) is 1. The van der Waals surface area contributed by atoms with E-state index in [4.69, 9.17) is 9.47 Å². The lowest BCUT2D eigenvalue weighted by Gasteiger charge is -2.44. The van der Waals surface area contributed by atoms with Gasteiger partial charge in [0.1, 0.15) is 6.10 Å². The number of hydrogen-bond acceptors (Lipinski definition) is 4. The average molecular weight is 467 g/mol. The highest BCUT2D eigenvalue weighted by Crippen LogP contribution is 2.46. The fourth-order valence-corrected chi connectivity index (χ4v) is 5.85. The van der Waals surface area contributed by atoms with Crippen molar-refractivity contribution in [3.8, 4) is 16.9 Å². The van der Waals surface area contributed by atoms with Crippen LogP contribution in [0.15, 0.2) is 36.4 Å². The van der Waals surface area contributed by atoms with Gasteiger partial charge in [-0.25, -0.2) is 9.18 Å².